The molecule has 2 atom stereocenters. The lowest BCUT2D eigenvalue weighted by atomic mass is 9.92. The molecular weight excluding hydrogens is 297 g/mol. The Kier molecular flexibility index (Phi) is 4.32. The topological polar surface area (TPSA) is 38.8 Å². The van der Waals surface area contributed by atoms with E-state index >= 15 is 0 Å². The number of ether oxygens (including phenoxy) is 2. The summed E-state index contributed by atoms with van der Waals surface area (Å²) in [6, 6.07) is 4.79. The molecule has 2 aliphatic heterocycles. The summed E-state index contributed by atoms with van der Waals surface area (Å²) in [7, 11) is 0. The maximum atomic E-state index is 13.5. The summed E-state index contributed by atoms with van der Waals surface area (Å²) < 4.78 is 25.0. The number of amides is 1. The Balaban J connectivity index is 1.83. The number of hydrogen-bond donors (Lipinski definition) is 0. The summed E-state index contributed by atoms with van der Waals surface area (Å²) in [5, 5.41) is 0. The molecule has 0 saturated carbocycles. The van der Waals surface area contributed by atoms with Crippen LogP contribution < -0.4 is 0 Å². The van der Waals surface area contributed by atoms with Crippen molar-refractivity contribution in [2.45, 2.75) is 57.8 Å². The van der Waals surface area contributed by atoms with Gasteiger partial charge in [0.1, 0.15) is 17.5 Å². The second-order valence-corrected chi connectivity index (χ2v) is 7.27. The monoisotopic (exact) mass is 321 g/mol. The largest absolute Gasteiger partial charge is 0.444 e. The van der Waals surface area contributed by atoms with Crippen molar-refractivity contribution in [2.24, 2.45) is 0 Å². The first kappa shape index (κ1) is 16.2. The van der Waals surface area contributed by atoms with Crippen LogP contribution in [-0.2, 0) is 15.9 Å². The van der Waals surface area contributed by atoms with Gasteiger partial charge in [0.05, 0.1) is 12.6 Å². The van der Waals surface area contributed by atoms with E-state index in [1.807, 2.05) is 20.8 Å². The molecule has 23 heavy (non-hydrogen) atoms. The lowest BCUT2D eigenvalue weighted by molar-refractivity contribution is -0.0266. The number of rotatable bonds is 1. The first-order valence-corrected chi connectivity index (χ1v) is 8.25. The molecule has 1 amide bonds. The van der Waals surface area contributed by atoms with Crippen molar-refractivity contribution in [3.05, 3.63) is 35.1 Å². The van der Waals surface area contributed by atoms with E-state index in [2.05, 4.69) is 0 Å². The van der Waals surface area contributed by atoms with Gasteiger partial charge in [-0.2, -0.15) is 0 Å². The molecule has 0 aliphatic carbocycles. The number of nitrogens with zero attached hydrogens (tertiary/aromatic N) is 1. The fraction of sp³-hybridized carbons (Fsp3) is 0.611. The fourth-order valence-corrected chi connectivity index (χ4v) is 3.43. The van der Waals surface area contributed by atoms with Crippen LogP contribution in [-0.4, -0.2) is 35.8 Å². The molecule has 0 N–H and O–H groups in total. The molecule has 1 aromatic rings. The van der Waals surface area contributed by atoms with Crippen LogP contribution in [0.1, 0.15) is 50.8 Å². The number of hydrogen-bond acceptors (Lipinski definition) is 3. The number of carbonyl (C=O) groups is 1. The summed E-state index contributed by atoms with van der Waals surface area (Å²) in [4.78, 5) is 14.2. The third-order valence-corrected chi connectivity index (χ3v) is 4.36. The lowest BCUT2D eigenvalue weighted by Gasteiger charge is -2.36. The third-order valence-electron chi connectivity index (χ3n) is 4.36. The zero-order valence-electron chi connectivity index (χ0n) is 14.0. The van der Waals surface area contributed by atoms with Gasteiger partial charge in [-0.15, -0.1) is 0 Å². The first-order chi connectivity index (χ1) is 10.8. The zero-order chi connectivity index (χ0) is 16.6. The van der Waals surface area contributed by atoms with Gasteiger partial charge in [-0.3, -0.25) is 0 Å². The highest BCUT2D eigenvalue weighted by Gasteiger charge is 2.40. The minimum absolute atomic E-state index is 0.0469. The molecule has 0 spiro atoms. The first-order valence-electron chi connectivity index (χ1n) is 8.25. The van der Waals surface area contributed by atoms with Gasteiger partial charge in [-0.1, -0.05) is 6.07 Å². The summed E-state index contributed by atoms with van der Waals surface area (Å²) in [6.07, 6.45) is 2.02. The Morgan fingerprint density at radius 3 is 2.91 bits per heavy atom. The van der Waals surface area contributed by atoms with Gasteiger partial charge >= 0.3 is 6.09 Å². The van der Waals surface area contributed by atoms with Crippen LogP contribution in [0.5, 0.6) is 0 Å². The van der Waals surface area contributed by atoms with Crippen molar-refractivity contribution in [3.8, 4) is 0 Å². The van der Waals surface area contributed by atoms with Crippen molar-refractivity contribution in [3.63, 3.8) is 0 Å². The quantitative estimate of drug-likeness (QED) is 0.789. The van der Waals surface area contributed by atoms with Gasteiger partial charge in [0, 0.05) is 6.54 Å². The van der Waals surface area contributed by atoms with E-state index in [0.29, 0.717) is 19.6 Å². The van der Waals surface area contributed by atoms with E-state index in [9.17, 15) is 9.18 Å². The number of fused-ring (bicyclic) bond motifs is 1. The van der Waals surface area contributed by atoms with Crippen LogP contribution >= 0.6 is 0 Å². The second kappa shape index (κ2) is 6.11. The molecule has 1 unspecified atom stereocenters. The van der Waals surface area contributed by atoms with Crippen LogP contribution in [0.25, 0.3) is 0 Å². The van der Waals surface area contributed by atoms with Gasteiger partial charge in [0.15, 0.2) is 0 Å². The molecule has 1 saturated heterocycles. The highest BCUT2D eigenvalue weighted by atomic mass is 19.1. The minimum Gasteiger partial charge on any atom is -0.444 e. The number of benzene rings is 1. The molecule has 2 aliphatic rings. The van der Waals surface area contributed by atoms with Crippen molar-refractivity contribution in [1.29, 1.82) is 0 Å². The average molecular weight is 321 g/mol. The van der Waals surface area contributed by atoms with Gasteiger partial charge in [0.25, 0.3) is 0 Å². The standard InChI is InChI=1S/C18H24FNO3/c1-18(2,3)23-17(21)20-9-4-5-15(20)16-14-7-6-13(19)11-12(14)8-10-22-16/h6-7,11,15-16H,4-5,8-10H2,1-3H3/t15-,16?/m1/s1. The zero-order valence-corrected chi connectivity index (χ0v) is 14.0. The SMILES string of the molecule is CC(C)(C)OC(=O)N1CCC[C@@H]1C1OCCc2cc(F)ccc21. The van der Waals surface area contributed by atoms with E-state index < -0.39 is 5.60 Å². The molecule has 1 fully saturated rings. The van der Waals surface area contributed by atoms with E-state index in [0.717, 1.165) is 24.0 Å². The van der Waals surface area contributed by atoms with Crippen molar-refractivity contribution in [2.75, 3.05) is 13.2 Å². The normalized spacial score (nSPS) is 24.4. The highest BCUT2D eigenvalue weighted by molar-refractivity contribution is 5.69. The Morgan fingerprint density at radius 2 is 2.17 bits per heavy atom. The van der Waals surface area contributed by atoms with Crippen molar-refractivity contribution < 1.29 is 18.7 Å². The van der Waals surface area contributed by atoms with E-state index in [4.69, 9.17) is 9.47 Å². The maximum absolute atomic E-state index is 13.5. The molecule has 1 aromatic carbocycles. The van der Waals surface area contributed by atoms with Gasteiger partial charge < -0.3 is 14.4 Å². The summed E-state index contributed by atoms with van der Waals surface area (Å²) in [5.74, 6) is -0.222. The van der Waals surface area contributed by atoms with Gasteiger partial charge in [0.2, 0.25) is 0 Å². The summed E-state index contributed by atoms with van der Waals surface area (Å²) in [5.41, 5.74) is 1.47. The number of carbonyl (C=O) groups excluding carboxylic acids is 1. The molecule has 2 heterocycles. The van der Waals surface area contributed by atoms with Crippen LogP contribution in [0.15, 0.2) is 18.2 Å². The minimum atomic E-state index is -0.515. The number of likely N-dealkylation sites (tertiary alicyclic amines) is 1. The Bertz CT molecular complexity index is 596. The molecule has 0 radical (unpaired) electrons. The van der Waals surface area contributed by atoms with Crippen LogP contribution in [0, 0.1) is 5.82 Å². The van der Waals surface area contributed by atoms with Crippen molar-refractivity contribution >= 4 is 6.09 Å². The molecule has 0 aromatic heterocycles. The maximum Gasteiger partial charge on any atom is 0.410 e. The lowest BCUT2D eigenvalue weighted by Crippen LogP contribution is -2.43. The Labute approximate surface area is 136 Å². The number of halogens is 1. The summed E-state index contributed by atoms with van der Waals surface area (Å²) >= 11 is 0. The Morgan fingerprint density at radius 1 is 1.39 bits per heavy atom. The van der Waals surface area contributed by atoms with Crippen LogP contribution in [0.3, 0.4) is 0 Å². The fourth-order valence-electron chi connectivity index (χ4n) is 3.43. The average Bonchev–Trinajstić information content (AvgIpc) is 2.93. The van der Waals surface area contributed by atoms with E-state index in [1.54, 1.807) is 17.0 Å². The summed E-state index contributed by atoms with van der Waals surface area (Å²) in [6.45, 7) is 6.83. The van der Waals surface area contributed by atoms with Gasteiger partial charge in [-0.05, 0) is 63.3 Å². The van der Waals surface area contributed by atoms with Crippen LogP contribution in [0.4, 0.5) is 9.18 Å². The van der Waals surface area contributed by atoms with Crippen LogP contribution in [0.2, 0.25) is 0 Å². The van der Waals surface area contributed by atoms with Crippen molar-refractivity contribution in [1.82, 2.24) is 4.90 Å². The van der Waals surface area contributed by atoms with E-state index in [1.165, 1.54) is 6.07 Å². The second-order valence-electron chi connectivity index (χ2n) is 7.27. The molecule has 126 valence electrons. The van der Waals surface area contributed by atoms with Gasteiger partial charge in [-0.25, -0.2) is 9.18 Å². The smallest absolute Gasteiger partial charge is 0.410 e. The molecule has 5 heteroatoms. The predicted molar refractivity (Wildman–Crippen MR) is 84.8 cm³/mol. The predicted octanol–water partition coefficient (Wildman–Crippen LogP) is 3.84. The highest BCUT2D eigenvalue weighted by Crippen LogP contribution is 2.37. The van der Waals surface area contributed by atoms with E-state index in [-0.39, 0.29) is 24.1 Å². The molecule has 0 bridgehead atoms. The molecule has 3 rings (SSSR count). The third kappa shape index (κ3) is 3.50. The molecule has 4 nitrogen and oxygen atoms in total. The molecular formula is C18H24FNO3. The Hall–Kier alpha value is -1.62.